The fourth-order valence-corrected chi connectivity index (χ4v) is 3.77. The van der Waals surface area contributed by atoms with Gasteiger partial charge in [-0.3, -0.25) is 9.59 Å². The normalized spacial score (nSPS) is 12.3. The van der Waals surface area contributed by atoms with Crippen molar-refractivity contribution in [1.29, 1.82) is 0 Å². The summed E-state index contributed by atoms with van der Waals surface area (Å²) < 4.78 is 11.7. The molecule has 2 aromatic carbocycles. The Morgan fingerprint density at radius 1 is 1.06 bits per heavy atom. The van der Waals surface area contributed by atoms with Crippen LogP contribution in [0.4, 0.5) is 0 Å². The number of rotatable bonds is 10. The molecule has 1 N–H and O–H groups in total. The summed E-state index contributed by atoms with van der Waals surface area (Å²) in [7, 11) is 1.76. The lowest BCUT2D eigenvalue weighted by Gasteiger charge is -2.26. The second-order valence-corrected chi connectivity index (χ2v) is 10.5. The smallest absolute Gasteiger partial charge is 0.255 e. The maximum atomic E-state index is 13.3. The van der Waals surface area contributed by atoms with Gasteiger partial charge in [0.05, 0.1) is 11.8 Å². The van der Waals surface area contributed by atoms with E-state index in [9.17, 15) is 9.59 Å². The Hall–Kier alpha value is -3.61. The summed E-state index contributed by atoms with van der Waals surface area (Å²) in [6, 6.07) is 16.1. The molecule has 1 atom stereocenters. The lowest BCUT2D eigenvalue weighted by atomic mass is 9.94. The van der Waals surface area contributed by atoms with Crippen molar-refractivity contribution in [3.05, 3.63) is 83.6 Å². The van der Waals surface area contributed by atoms with Crippen LogP contribution in [0.1, 0.15) is 68.6 Å². The van der Waals surface area contributed by atoms with E-state index in [0.717, 1.165) is 11.3 Å². The van der Waals surface area contributed by atoms with Gasteiger partial charge in [-0.2, -0.15) is 0 Å². The van der Waals surface area contributed by atoms with E-state index in [1.807, 2.05) is 65.0 Å². The molecule has 1 aromatic heterocycles. The first-order valence-corrected chi connectivity index (χ1v) is 12.3. The van der Waals surface area contributed by atoms with Gasteiger partial charge in [-0.15, -0.1) is 0 Å². The highest BCUT2D eigenvalue weighted by Gasteiger charge is 2.27. The fourth-order valence-electron chi connectivity index (χ4n) is 3.77. The van der Waals surface area contributed by atoms with E-state index in [2.05, 4.69) is 10.3 Å². The first kappa shape index (κ1) is 27.0. The van der Waals surface area contributed by atoms with E-state index < -0.39 is 6.04 Å². The van der Waals surface area contributed by atoms with Crippen LogP contribution in [0.5, 0.6) is 5.75 Å². The number of nitrogens with zero attached hydrogens (tertiary/aromatic N) is 2. The molecule has 3 rings (SSSR count). The van der Waals surface area contributed by atoms with Gasteiger partial charge in [0.2, 0.25) is 11.8 Å². The number of nitrogens with one attached hydrogen (secondary N) is 1. The van der Waals surface area contributed by atoms with Crippen molar-refractivity contribution in [2.24, 2.45) is 5.92 Å². The van der Waals surface area contributed by atoms with E-state index in [-0.39, 0.29) is 29.8 Å². The Kier molecular flexibility index (Phi) is 8.91. The number of carbonyl (C=O) groups excluding carboxylic acids is 2. The van der Waals surface area contributed by atoms with Crippen LogP contribution >= 0.6 is 0 Å². The second kappa shape index (κ2) is 11.9. The minimum Gasteiger partial charge on any atom is -0.483 e. The molecule has 0 aliphatic carbocycles. The summed E-state index contributed by atoms with van der Waals surface area (Å²) in [4.78, 5) is 32.5. The second-order valence-electron chi connectivity index (χ2n) is 10.5. The van der Waals surface area contributed by atoms with E-state index in [1.54, 1.807) is 42.4 Å². The molecule has 0 spiro atoms. The summed E-state index contributed by atoms with van der Waals surface area (Å²) in [5.74, 6) is 1.33. The maximum Gasteiger partial charge on any atom is 0.255 e. The Labute approximate surface area is 213 Å². The zero-order valence-corrected chi connectivity index (χ0v) is 22.1. The van der Waals surface area contributed by atoms with Gasteiger partial charge in [0.15, 0.2) is 6.61 Å². The third kappa shape index (κ3) is 7.44. The van der Waals surface area contributed by atoms with E-state index >= 15 is 0 Å². The summed E-state index contributed by atoms with van der Waals surface area (Å²) in [5.41, 5.74) is 1.23. The van der Waals surface area contributed by atoms with Gasteiger partial charge in [-0.25, -0.2) is 4.98 Å². The Morgan fingerprint density at radius 2 is 1.72 bits per heavy atom. The average molecular weight is 492 g/mol. The first-order chi connectivity index (χ1) is 17.0. The number of para-hydroxylation sites is 1. The molecule has 0 aliphatic rings. The SMILES string of the molecule is CC(C)C[C@H](NC(=O)c1ccccc1OCc1ncc(C(C)(C)C)o1)C(=O)N(C)Cc1ccccc1. The zero-order valence-electron chi connectivity index (χ0n) is 22.1. The molecule has 0 fully saturated rings. The molecule has 0 unspecified atom stereocenters. The minimum atomic E-state index is -0.652. The van der Waals surface area contributed by atoms with Gasteiger partial charge in [-0.05, 0) is 30.0 Å². The third-order valence-corrected chi connectivity index (χ3v) is 5.72. The van der Waals surface area contributed by atoms with Gasteiger partial charge >= 0.3 is 0 Å². The standard InChI is InChI=1S/C29H37N3O4/c1-20(2)16-23(28(34)32(6)18-21-12-8-7-9-13-21)31-27(33)22-14-10-11-15-24(22)35-19-26-30-17-25(36-26)29(3,4)5/h7-15,17,20,23H,16,18-19H2,1-6H3,(H,31,33)/t23-/m0/s1. The van der Waals surface area contributed by atoms with Crippen LogP contribution in [0.25, 0.3) is 0 Å². The van der Waals surface area contributed by atoms with Crippen molar-refractivity contribution in [3.8, 4) is 5.75 Å². The molecule has 0 saturated heterocycles. The number of benzene rings is 2. The van der Waals surface area contributed by atoms with Gasteiger partial charge in [0.25, 0.3) is 5.91 Å². The largest absolute Gasteiger partial charge is 0.483 e. The Balaban J connectivity index is 1.71. The number of hydrogen-bond acceptors (Lipinski definition) is 5. The van der Waals surface area contributed by atoms with E-state index in [0.29, 0.717) is 30.2 Å². The van der Waals surface area contributed by atoms with E-state index in [1.165, 1.54) is 0 Å². The van der Waals surface area contributed by atoms with Crippen LogP contribution < -0.4 is 10.1 Å². The van der Waals surface area contributed by atoms with Crippen molar-refractivity contribution in [2.75, 3.05) is 7.05 Å². The van der Waals surface area contributed by atoms with Gasteiger partial charge in [0.1, 0.15) is 17.6 Å². The number of ether oxygens (including phenoxy) is 1. The van der Waals surface area contributed by atoms with Crippen LogP contribution in [0.3, 0.4) is 0 Å². The Morgan fingerprint density at radius 3 is 2.36 bits per heavy atom. The molecule has 3 aromatic rings. The minimum absolute atomic E-state index is 0.0918. The van der Waals surface area contributed by atoms with Crippen LogP contribution in [-0.4, -0.2) is 34.8 Å². The molecule has 7 heteroatoms. The number of hydrogen-bond donors (Lipinski definition) is 1. The molecule has 0 bridgehead atoms. The van der Waals surface area contributed by atoms with E-state index in [4.69, 9.17) is 9.15 Å². The van der Waals surface area contributed by atoms with Crippen molar-refractivity contribution in [3.63, 3.8) is 0 Å². The third-order valence-electron chi connectivity index (χ3n) is 5.72. The predicted octanol–water partition coefficient (Wildman–Crippen LogP) is 5.35. The fraction of sp³-hybridized carbons (Fsp3) is 0.414. The maximum absolute atomic E-state index is 13.3. The van der Waals surface area contributed by atoms with Gasteiger partial charge < -0.3 is 19.4 Å². The number of amides is 2. The lowest BCUT2D eigenvalue weighted by Crippen LogP contribution is -2.47. The number of likely N-dealkylation sites (N-methyl/N-ethyl adjacent to an activating group) is 1. The molecular formula is C29H37N3O4. The van der Waals surface area contributed by atoms with Crippen molar-refractivity contribution >= 4 is 11.8 Å². The summed E-state index contributed by atoms with van der Waals surface area (Å²) in [6.45, 7) is 10.8. The highest BCUT2D eigenvalue weighted by Crippen LogP contribution is 2.24. The van der Waals surface area contributed by atoms with Crippen molar-refractivity contribution in [1.82, 2.24) is 15.2 Å². The number of aromatic nitrogens is 1. The van der Waals surface area contributed by atoms with Crippen molar-refractivity contribution in [2.45, 2.75) is 65.6 Å². The molecular weight excluding hydrogens is 454 g/mol. The predicted molar refractivity (Wildman–Crippen MR) is 140 cm³/mol. The highest BCUT2D eigenvalue weighted by molar-refractivity contribution is 5.99. The molecule has 0 saturated carbocycles. The summed E-state index contributed by atoms with van der Waals surface area (Å²) >= 11 is 0. The molecule has 2 amide bonds. The van der Waals surface area contributed by atoms with Crippen LogP contribution in [0, 0.1) is 5.92 Å². The van der Waals surface area contributed by atoms with Crippen LogP contribution in [0.2, 0.25) is 0 Å². The topological polar surface area (TPSA) is 84.7 Å². The summed E-state index contributed by atoms with van der Waals surface area (Å²) in [5, 5.41) is 2.94. The monoisotopic (exact) mass is 491 g/mol. The molecule has 192 valence electrons. The average Bonchev–Trinajstić information content (AvgIpc) is 3.32. The van der Waals surface area contributed by atoms with Crippen molar-refractivity contribution < 1.29 is 18.7 Å². The van der Waals surface area contributed by atoms with Crippen LogP contribution in [-0.2, 0) is 23.4 Å². The molecule has 1 heterocycles. The molecule has 0 aliphatic heterocycles. The Bertz CT molecular complexity index is 1150. The quantitative estimate of drug-likeness (QED) is 0.413. The van der Waals surface area contributed by atoms with Gasteiger partial charge in [-0.1, -0.05) is 77.1 Å². The first-order valence-electron chi connectivity index (χ1n) is 12.3. The molecule has 0 radical (unpaired) electrons. The molecule has 7 nitrogen and oxygen atoms in total. The lowest BCUT2D eigenvalue weighted by molar-refractivity contribution is -0.132. The highest BCUT2D eigenvalue weighted by atomic mass is 16.5. The van der Waals surface area contributed by atoms with Gasteiger partial charge in [0, 0.05) is 19.0 Å². The zero-order chi connectivity index (χ0) is 26.3. The number of carbonyl (C=O) groups is 2. The van der Waals surface area contributed by atoms with Crippen LogP contribution in [0.15, 0.2) is 65.2 Å². The summed E-state index contributed by atoms with van der Waals surface area (Å²) in [6.07, 6.45) is 2.23. The number of oxazole rings is 1. The molecule has 36 heavy (non-hydrogen) atoms.